The van der Waals surface area contributed by atoms with Gasteiger partial charge in [0, 0.05) is 23.7 Å². The van der Waals surface area contributed by atoms with Crippen LogP contribution in [0.25, 0.3) is 5.57 Å². The minimum absolute atomic E-state index is 0.0834. The molecule has 1 amide bonds. The molecule has 2 heterocycles. The molecule has 4 rings (SSSR count). The monoisotopic (exact) mass is 263 g/mol. The normalized spacial score (nSPS) is 22.9. The molecule has 98 valence electrons. The van der Waals surface area contributed by atoms with Crippen LogP contribution < -0.4 is 9.64 Å². The Labute approximate surface area is 117 Å². The number of rotatable bonds is 0. The Morgan fingerprint density at radius 2 is 1.80 bits per heavy atom. The van der Waals surface area contributed by atoms with E-state index in [1.54, 1.807) is 11.9 Å². The molecule has 0 bridgehead atoms. The first kappa shape index (κ1) is 11.3. The van der Waals surface area contributed by atoms with Crippen LogP contribution in [0.5, 0.6) is 5.75 Å². The number of para-hydroxylation sites is 2. The molecule has 2 aliphatic rings. The number of carbonyl (C=O) groups excluding carboxylic acids is 1. The van der Waals surface area contributed by atoms with Crippen molar-refractivity contribution in [3.05, 3.63) is 66.2 Å². The molecule has 0 saturated carbocycles. The van der Waals surface area contributed by atoms with Crippen LogP contribution in [0.1, 0.15) is 11.1 Å². The number of carbonyl (C=O) groups is 1. The summed E-state index contributed by atoms with van der Waals surface area (Å²) in [5, 5.41) is 0. The average molecular weight is 263 g/mol. The largest absolute Gasteiger partial charge is 0.467 e. The average Bonchev–Trinajstić information content (AvgIpc) is 2.90. The molecule has 0 aromatic heterocycles. The lowest BCUT2D eigenvalue weighted by Crippen LogP contribution is -2.41. The van der Waals surface area contributed by atoms with Crippen molar-refractivity contribution >= 4 is 17.2 Å². The van der Waals surface area contributed by atoms with Gasteiger partial charge in [0.1, 0.15) is 5.75 Å². The number of benzene rings is 2. The third-order valence-electron chi connectivity index (χ3n) is 4.15. The number of anilines is 1. The summed E-state index contributed by atoms with van der Waals surface area (Å²) in [7, 11) is 1.77. The lowest BCUT2D eigenvalue weighted by molar-refractivity contribution is -0.127. The van der Waals surface area contributed by atoms with E-state index >= 15 is 0 Å². The summed E-state index contributed by atoms with van der Waals surface area (Å²) in [6.07, 6.45) is 0. The van der Waals surface area contributed by atoms with E-state index in [1.807, 2.05) is 48.5 Å². The van der Waals surface area contributed by atoms with Crippen LogP contribution in [0.2, 0.25) is 0 Å². The second-order valence-electron chi connectivity index (χ2n) is 5.14. The molecule has 0 fully saturated rings. The van der Waals surface area contributed by atoms with Crippen molar-refractivity contribution in [3.63, 3.8) is 0 Å². The Bertz CT molecular complexity index is 765. The highest BCUT2D eigenvalue weighted by Gasteiger charge is 2.57. The van der Waals surface area contributed by atoms with Gasteiger partial charge in [-0.25, -0.2) is 0 Å². The number of hydrogen-bond donors (Lipinski definition) is 0. The highest BCUT2D eigenvalue weighted by molar-refractivity contribution is 6.15. The zero-order valence-electron chi connectivity index (χ0n) is 11.1. The molecule has 0 radical (unpaired) electrons. The minimum atomic E-state index is -1.09. The number of nitrogens with zero attached hydrogens (tertiary/aromatic N) is 1. The van der Waals surface area contributed by atoms with E-state index in [2.05, 4.69) is 6.58 Å². The van der Waals surface area contributed by atoms with E-state index < -0.39 is 5.60 Å². The predicted octanol–water partition coefficient (Wildman–Crippen LogP) is 2.96. The number of fused-ring (bicyclic) bond motifs is 3. The van der Waals surface area contributed by atoms with Crippen molar-refractivity contribution in [1.82, 2.24) is 0 Å². The Morgan fingerprint density at radius 3 is 2.60 bits per heavy atom. The number of likely N-dealkylation sites (N-methyl/N-ethyl adjacent to an activating group) is 1. The molecule has 1 atom stereocenters. The van der Waals surface area contributed by atoms with Crippen LogP contribution in [0.3, 0.4) is 0 Å². The zero-order chi connectivity index (χ0) is 13.9. The summed E-state index contributed by atoms with van der Waals surface area (Å²) in [5.74, 6) is 0.635. The Balaban J connectivity index is 2.01. The van der Waals surface area contributed by atoms with Gasteiger partial charge in [-0.3, -0.25) is 4.79 Å². The summed E-state index contributed by atoms with van der Waals surface area (Å²) >= 11 is 0. The Hall–Kier alpha value is -2.55. The van der Waals surface area contributed by atoms with Crippen LogP contribution in [0.15, 0.2) is 55.1 Å². The van der Waals surface area contributed by atoms with E-state index in [1.165, 1.54) is 0 Å². The molecular formula is C17H13NO2. The van der Waals surface area contributed by atoms with E-state index in [0.717, 1.165) is 28.1 Å². The fourth-order valence-corrected chi connectivity index (χ4v) is 3.14. The molecule has 1 spiro atoms. The third-order valence-corrected chi connectivity index (χ3v) is 4.15. The molecule has 0 aliphatic carbocycles. The van der Waals surface area contributed by atoms with Crippen LogP contribution in [0.4, 0.5) is 5.69 Å². The number of ether oxygens (including phenoxy) is 1. The lowest BCUT2D eigenvalue weighted by Gasteiger charge is -2.23. The molecule has 0 saturated heterocycles. The van der Waals surface area contributed by atoms with Crippen molar-refractivity contribution in [2.24, 2.45) is 0 Å². The van der Waals surface area contributed by atoms with Crippen molar-refractivity contribution in [2.75, 3.05) is 11.9 Å². The quantitative estimate of drug-likeness (QED) is 0.731. The van der Waals surface area contributed by atoms with Crippen molar-refractivity contribution in [2.45, 2.75) is 5.60 Å². The van der Waals surface area contributed by atoms with Gasteiger partial charge in [0.2, 0.25) is 5.60 Å². The number of hydrogen-bond acceptors (Lipinski definition) is 2. The Kier molecular flexibility index (Phi) is 1.98. The third kappa shape index (κ3) is 1.09. The van der Waals surface area contributed by atoms with Gasteiger partial charge in [0.05, 0.1) is 5.69 Å². The first-order valence-corrected chi connectivity index (χ1v) is 6.52. The molecule has 2 aromatic carbocycles. The molecular weight excluding hydrogens is 250 g/mol. The van der Waals surface area contributed by atoms with Crippen molar-refractivity contribution < 1.29 is 9.53 Å². The SMILES string of the molecule is C=C1c2ccccc2O[C@]12C(=O)N(C)c1ccccc12. The van der Waals surface area contributed by atoms with Gasteiger partial charge in [-0.05, 0) is 12.1 Å². The molecule has 20 heavy (non-hydrogen) atoms. The van der Waals surface area contributed by atoms with E-state index in [0.29, 0.717) is 0 Å². The molecule has 3 heteroatoms. The molecule has 2 aromatic rings. The summed E-state index contributed by atoms with van der Waals surface area (Å²) in [4.78, 5) is 14.5. The summed E-state index contributed by atoms with van der Waals surface area (Å²) in [6, 6.07) is 15.4. The first-order chi connectivity index (χ1) is 9.66. The fraction of sp³-hybridized carbons (Fsp3) is 0.118. The second kappa shape index (κ2) is 3.51. The predicted molar refractivity (Wildman–Crippen MR) is 77.6 cm³/mol. The van der Waals surface area contributed by atoms with Crippen molar-refractivity contribution in [3.8, 4) is 5.75 Å². The van der Waals surface area contributed by atoms with Crippen LogP contribution in [0, 0.1) is 0 Å². The van der Waals surface area contributed by atoms with E-state index in [9.17, 15) is 4.79 Å². The summed E-state index contributed by atoms with van der Waals surface area (Å²) < 4.78 is 6.09. The molecule has 3 nitrogen and oxygen atoms in total. The summed E-state index contributed by atoms with van der Waals surface area (Å²) in [5.41, 5.74) is 2.29. The van der Waals surface area contributed by atoms with Crippen molar-refractivity contribution in [1.29, 1.82) is 0 Å². The fourth-order valence-electron chi connectivity index (χ4n) is 3.14. The van der Waals surface area contributed by atoms with Crippen LogP contribution in [-0.2, 0) is 10.4 Å². The van der Waals surface area contributed by atoms with Gasteiger partial charge in [-0.15, -0.1) is 0 Å². The highest BCUT2D eigenvalue weighted by atomic mass is 16.5. The lowest BCUT2D eigenvalue weighted by atomic mass is 9.86. The first-order valence-electron chi connectivity index (χ1n) is 6.52. The topological polar surface area (TPSA) is 29.5 Å². The van der Waals surface area contributed by atoms with E-state index in [4.69, 9.17) is 4.74 Å². The Morgan fingerprint density at radius 1 is 1.10 bits per heavy atom. The number of amides is 1. The second-order valence-corrected chi connectivity index (χ2v) is 5.14. The van der Waals surface area contributed by atoms with Gasteiger partial charge in [0.15, 0.2) is 0 Å². The maximum Gasteiger partial charge on any atom is 0.280 e. The van der Waals surface area contributed by atoms with Gasteiger partial charge in [-0.1, -0.05) is 43.0 Å². The molecule has 2 aliphatic heterocycles. The smallest absolute Gasteiger partial charge is 0.280 e. The van der Waals surface area contributed by atoms with Gasteiger partial charge >= 0.3 is 0 Å². The highest BCUT2D eigenvalue weighted by Crippen LogP contribution is 2.55. The van der Waals surface area contributed by atoms with Gasteiger partial charge < -0.3 is 9.64 Å². The van der Waals surface area contributed by atoms with Crippen LogP contribution >= 0.6 is 0 Å². The molecule has 0 unspecified atom stereocenters. The molecule has 0 N–H and O–H groups in total. The maximum absolute atomic E-state index is 12.8. The van der Waals surface area contributed by atoms with Gasteiger partial charge in [0.25, 0.3) is 5.91 Å². The van der Waals surface area contributed by atoms with E-state index in [-0.39, 0.29) is 5.91 Å². The standard InChI is InChI=1S/C17H13NO2/c1-11-12-7-3-6-10-15(12)20-17(11)13-8-4-5-9-14(13)18(2)16(17)19/h3-10H,1H2,2H3/t17-/m1/s1. The maximum atomic E-state index is 12.8. The zero-order valence-corrected chi connectivity index (χ0v) is 11.1. The van der Waals surface area contributed by atoms with Crippen LogP contribution in [-0.4, -0.2) is 13.0 Å². The summed E-state index contributed by atoms with van der Waals surface area (Å²) in [6.45, 7) is 4.14. The van der Waals surface area contributed by atoms with Gasteiger partial charge in [-0.2, -0.15) is 0 Å². The minimum Gasteiger partial charge on any atom is -0.467 e.